The van der Waals surface area contributed by atoms with Gasteiger partial charge in [-0.05, 0) is 18.2 Å². The van der Waals surface area contributed by atoms with E-state index in [9.17, 15) is 9.18 Å². The Bertz CT molecular complexity index is 482. The second kappa shape index (κ2) is 5.84. The molecule has 0 atom stereocenters. The Kier molecular flexibility index (Phi) is 4.16. The van der Waals surface area contributed by atoms with Gasteiger partial charge in [0.15, 0.2) is 0 Å². The fourth-order valence-corrected chi connectivity index (χ4v) is 2.16. The molecule has 2 N–H and O–H groups in total. The predicted octanol–water partition coefficient (Wildman–Crippen LogP) is 1.35. The minimum atomic E-state index is -0.545. The van der Waals surface area contributed by atoms with Crippen LogP contribution in [0.2, 0.25) is 0 Å². The fourth-order valence-electron chi connectivity index (χ4n) is 2.16. The van der Waals surface area contributed by atoms with Crippen molar-refractivity contribution in [2.24, 2.45) is 0 Å². The molecule has 0 bridgehead atoms. The molecule has 1 aromatic rings. The first-order valence-corrected chi connectivity index (χ1v) is 6.29. The van der Waals surface area contributed by atoms with Gasteiger partial charge in [-0.2, -0.15) is 0 Å². The molecule has 0 unspecified atom stereocenters. The summed E-state index contributed by atoms with van der Waals surface area (Å²) < 4.78 is 13.4. The van der Waals surface area contributed by atoms with Crippen LogP contribution in [0, 0.1) is 5.82 Å². The summed E-state index contributed by atoms with van der Waals surface area (Å²) in [4.78, 5) is 16.2. The Hall–Kier alpha value is -1.88. The Morgan fingerprint density at radius 1 is 1.37 bits per heavy atom. The number of rotatable bonds is 3. The van der Waals surface area contributed by atoms with Gasteiger partial charge in [0.05, 0.1) is 5.69 Å². The summed E-state index contributed by atoms with van der Waals surface area (Å²) in [5, 5.41) is 0. The number of halogens is 1. The third kappa shape index (κ3) is 3.12. The number of carbonyl (C=O) groups excluding carboxylic acids is 1. The van der Waals surface area contributed by atoms with Crippen molar-refractivity contribution >= 4 is 11.6 Å². The van der Waals surface area contributed by atoms with Crippen LogP contribution in [0.5, 0.6) is 0 Å². The second-order valence-corrected chi connectivity index (χ2v) is 4.62. The lowest BCUT2D eigenvalue weighted by molar-refractivity contribution is 0.0650. The second-order valence-electron chi connectivity index (χ2n) is 4.62. The standard InChI is InChI=1S/C14H18FN3O/c1-2-5-17-6-8-18(9-7-17)14(19)11-3-4-13(16)12(15)10-11/h2-4,10H,1,5-9,16H2. The highest BCUT2D eigenvalue weighted by Gasteiger charge is 2.21. The Morgan fingerprint density at radius 3 is 2.63 bits per heavy atom. The van der Waals surface area contributed by atoms with Crippen molar-refractivity contribution in [3.63, 3.8) is 0 Å². The van der Waals surface area contributed by atoms with E-state index in [0.717, 1.165) is 19.6 Å². The Labute approximate surface area is 112 Å². The lowest BCUT2D eigenvalue weighted by atomic mass is 10.1. The first kappa shape index (κ1) is 13.5. The van der Waals surface area contributed by atoms with E-state index in [1.165, 1.54) is 12.1 Å². The van der Waals surface area contributed by atoms with E-state index in [1.54, 1.807) is 11.0 Å². The summed E-state index contributed by atoms with van der Waals surface area (Å²) in [7, 11) is 0. The van der Waals surface area contributed by atoms with Gasteiger partial charge in [0.25, 0.3) is 5.91 Å². The highest BCUT2D eigenvalue weighted by molar-refractivity contribution is 5.94. The molecule has 0 spiro atoms. The number of amides is 1. The van der Waals surface area contributed by atoms with Crippen molar-refractivity contribution < 1.29 is 9.18 Å². The van der Waals surface area contributed by atoms with Gasteiger partial charge in [0, 0.05) is 38.3 Å². The maximum Gasteiger partial charge on any atom is 0.254 e. The van der Waals surface area contributed by atoms with Crippen molar-refractivity contribution in [3.05, 3.63) is 42.2 Å². The van der Waals surface area contributed by atoms with Crippen LogP contribution in [-0.4, -0.2) is 48.4 Å². The van der Waals surface area contributed by atoms with E-state index < -0.39 is 5.82 Å². The van der Waals surface area contributed by atoms with E-state index in [1.807, 2.05) is 6.08 Å². The molecule has 0 aliphatic carbocycles. The first-order chi connectivity index (χ1) is 9.11. The summed E-state index contributed by atoms with van der Waals surface area (Å²) in [6.45, 7) is 7.46. The molecule has 1 heterocycles. The topological polar surface area (TPSA) is 49.6 Å². The molecule has 0 aromatic heterocycles. The van der Waals surface area contributed by atoms with Crippen LogP contribution in [0.25, 0.3) is 0 Å². The fraction of sp³-hybridized carbons (Fsp3) is 0.357. The number of nitrogens with zero attached hydrogens (tertiary/aromatic N) is 2. The number of nitrogen functional groups attached to an aromatic ring is 1. The number of carbonyl (C=O) groups is 1. The zero-order valence-corrected chi connectivity index (χ0v) is 10.8. The van der Waals surface area contributed by atoms with Gasteiger partial charge in [-0.25, -0.2) is 4.39 Å². The zero-order chi connectivity index (χ0) is 13.8. The maximum atomic E-state index is 13.4. The zero-order valence-electron chi connectivity index (χ0n) is 10.8. The molecule has 1 saturated heterocycles. The molecule has 2 rings (SSSR count). The number of anilines is 1. The van der Waals surface area contributed by atoms with E-state index in [4.69, 9.17) is 5.73 Å². The normalized spacial score (nSPS) is 16.4. The molecule has 4 nitrogen and oxygen atoms in total. The van der Waals surface area contributed by atoms with E-state index in [0.29, 0.717) is 18.7 Å². The van der Waals surface area contributed by atoms with Crippen molar-refractivity contribution in [3.8, 4) is 0 Å². The molecule has 0 radical (unpaired) electrons. The summed E-state index contributed by atoms with van der Waals surface area (Å²) >= 11 is 0. The minimum absolute atomic E-state index is 0.0624. The minimum Gasteiger partial charge on any atom is -0.396 e. The SMILES string of the molecule is C=CCN1CCN(C(=O)c2ccc(N)c(F)c2)CC1. The van der Waals surface area contributed by atoms with E-state index in [-0.39, 0.29) is 11.6 Å². The average Bonchev–Trinajstić information content (AvgIpc) is 2.42. The average molecular weight is 263 g/mol. The van der Waals surface area contributed by atoms with Gasteiger partial charge in [-0.3, -0.25) is 9.69 Å². The smallest absolute Gasteiger partial charge is 0.254 e. The van der Waals surface area contributed by atoms with Gasteiger partial charge >= 0.3 is 0 Å². The van der Waals surface area contributed by atoms with Gasteiger partial charge in [0.2, 0.25) is 0 Å². The highest BCUT2D eigenvalue weighted by atomic mass is 19.1. The molecule has 5 heteroatoms. The van der Waals surface area contributed by atoms with Crippen molar-refractivity contribution in [1.82, 2.24) is 9.80 Å². The molecular formula is C14H18FN3O. The van der Waals surface area contributed by atoms with Crippen LogP contribution >= 0.6 is 0 Å². The highest BCUT2D eigenvalue weighted by Crippen LogP contribution is 2.14. The molecule has 0 saturated carbocycles. The van der Waals surface area contributed by atoms with Crippen LogP contribution in [0.4, 0.5) is 10.1 Å². The quantitative estimate of drug-likeness (QED) is 0.661. The van der Waals surface area contributed by atoms with Crippen molar-refractivity contribution in [2.75, 3.05) is 38.5 Å². The van der Waals surface area contributed by atoms with Gasteiger partial charge in [0.1, 0.15) is 5.82 Å². The van der Waals surface area contributed by atoms with Crippen LogP contribution in [0.3, 0.4) is 0 Å². The van der Waals surface area contributed by atoms with Gasteiger partial charge in [-0.1, -0.05) is 6.08 Å². The van der Waals surface area contributed by atoms with Crippen LogP contribution in [0.15, 0.2) is 30.9 Å². The number of hydrogen-bond acceptors (Lipinski definition) is 3. The van der Waals surface area contributed by atoms with Gasteiger partial charge < -0.3 is 10.6 Å². The van der Waals surface area contributed by atoms with Crippen LogP contribution in [-0.2, 0) is 0 Å². The first-order valence-electron chi connectivity index (χ1n) is 6.29. The number of hydrogen-bond donors (Lipinski definition) is 1. The lowest BCUT2D eigenvalue weighted by Crippen LogP contribution is -2.48. The van der Waals surface area contributed by atoms with Crippen molar-refractivity contribution in [1.29, 1.82) is 0 Å². The Balaban J connectivity index is 2.01. The molecule has 1 amide bonds. The third-order valence-electron chi connectivity index (χ3n) is 3.29. The number of piperazine rings is 1. The molecule has 19 heavy (non-hydrogen) atoms. The molecule has 1 aromatic carbocycles. The molecule has 1 fully saturated rings. The van der Waals surface area contributed by atoms with Crippen LogP contribution < -0.4 is 5.73 Å². The molecule has 102 valence electrons. The maximum absolute atomic E-state index is 13.4. The number of benzene rings is 1. The van der Waals surface area contributed by atoms with Crippen molar-refractivity contribution in [2.45, 2.75) is 0 Å². The summed E-state index contributed by atoms with van der Waals surface area (Å²) in [6, 6.07) is 4.20. The summed E-state index contributed by atoms with van der Waals surface area (Å²) in [6.07, 6.45) is 1.85. The predicted molar refractivity (Wildman–Crippen MR) is 73.4 cm³/mol. The summed E-state index contributed by atoms with van der Waals surface area (Å²) in [5.74, 6) is -0.687. The lowest BCUT2D eigenvalue weighted by Gasteiger charge is -2.34. The molecule has 1 aliphatic rings. The van der Waals surface area contributed by atoms with E-state index in [2.05, 4.69) is 11.5 Å². The molecular weight excluding hydrogens is 245 g/mol. The van der Waals surface area contributed by atoms with Crippen LogP contribution in [0.1, 0.15) is 10.4 Å². The third-order valence-corrected chi connectivity index (χ3v) is 3.29. The number of nitrogens with two attached hydrogens (primary N) is 1. The summed E-state index contributed by atoms with van der Waals surface area (Å²) in [5.41, 5.74) is 5.82. The monoisotopic (exact) mass is 263 g/mol. The Morgan fingerprint density at radius 2 is 2.05 bits per heavy atom. The largest absolute Gasteiger partial charge is 0.396 e. The van der Waals surface area contributed by atoms with Gasteiger partial charge in [-0.15, -0.1) is 6.58 Å². The molecule has 1 aliphatic heterocycles. The van der Waals surface area contributed by atoms with E-state index >= 15 is 0 Å².